The van der Waals surface area contributed by atoms with Gasteiger partial charge in [-0.15, -0.1) is 0 Å². The molecule has 0 aliphatic carbocycles. The summed E-state index contributed by atoms with van der Waals surface area (Å²) in [5.41, 5.74) is 8.86. The highest BCUT2D eigenvalue weighted by Gasteiger charge is 2.24. The number of nitrogens with zero attached hydrogens (tertiary/aromatic N) is 2. The van der Waals surface area contributed by atoms with Gasteiger partial charge < -0.3 is 15.5 Å². The van der Waals surface area contributed by atoms with Crippen LogP contribution in [0.15, 0.2) is 18.2 Å². The summed E-state index contributed by atoms with van der Waals surface area (Å²) in [5, 5.41) is 0. The summed E-state index contributed by atoms with van der Waals surface area (Å²) in [6.45, 7) is 6.29. The Morgan fingerprint density at radius 1 is 1.41 bits per heavy atom. The van der Waals surface area contributed by atoms with Crippen LogP contribution in [0.5, 0.6) is 0 Å². The lowest BCUT2D eigenvalue weighted by Gasteiger charge is -2.31. The number of carbonyl (C=O) groups excluding carboxylic acids is 1. The highest BCUT2D eigenvalue weighted by atomic mass is 16.2. The smallest absolute Gasteiger partial charge is 0.241 e. The van der Waals surface area contributed by atoms with E-state index in [0.29, 0.717) is 6.54 Å². The minimum absolute atomic E-state index is 0.183. The van der Waals surface area contributed by atoms with Gasteiger partial charge in [-0.05, 0) is 37.1 Å². The normalized spacial score (nSPS) is 14.5. The molecular formula is C17H29N4O+. The third-order valence-corrected chi connectivity index (χ3v) is 4.26. The Balaban J connectivity index is 2.05. The summed E-state index contributed by atoms with van der Waals surface area (Å²) in [6.07, 6.45) is 2.05. The number of rotatable bonds is 6. The second-order valence-electron chi connectivity index (χ2n) is 6.36. The van der Waals surface area contributed by atoms with Crippen molar-refractivity contribution >= 4 is 17.3 Å². The van der Waals surface area contributed by atoms with Gasteiger partial charge in [0.05, 0.1) is 27.2 Å². The maximum absolute atomic E-state index is 12.7. The number of anilines is 2. The molecule has 0 spiro atoms. The van der Waals surface area contributed by atoms with Crippen LogP contribution in [0.1, 0.15) is 18.9 Å². The minimum atomic E-state index is 0.183. The van der Waals surface area contributed by atoms with Crippen molar-refractivity contribution in [3.63, 3.8) is 0 Å². The summed E-state index contributed by atoms with van der Waals surface area (Å²) < 4.78 is 0. The van der Waals surface area contributed by atoms with E-state index in [1.807, 2.05) is 17.0 Å². The zero-order valence-electron chi connectivity index (χ0n) is 14.1. The van der Waals surface area contributed by atoms with Crippen molar-refractivity contribution < 1.29 is 9.69 Å². The van der Waals surface area contributed by atoms with Crippen LogP contribution in [-0.2, 0) is 11.2 Å². The molecule has 22 heavy (non-hydrogen) atoms. The van der Waals surface area contributed by atoms with E-state index < -0.39 is 0 Å². The predicted octanol–water partition coefficient (Wildman–Crippen LogP) is 0.0144. The van der Waals surface area contributed by atoms with Crippen molar-refractivity contribution in [2.45, 2.75) is 19.8 Å². The Labute approximate surface area is 133 Å². The Kier molecular flexibility index (Phi) is 5.80. The number of nitrogens with two attached hydrogens (primary N) is 1. The van der Waals surface area contributed by atoms with E-state index >= 15 is 0 Å². The number of nitrogens with one attached hydrogen (secondary N) is 1. The van der Waals surface area contributed by atoms with Crippen LogP contribution in [0, 0.1) is 0 Å². The minimum Gasteiger partial charge on any atom is -0.399 e. The topological polar surface area (TPSA) is 54.0 Å². The lowest BCUT2D eigenvalue weighted by molar-refractivity contribution is -0.857. The summed E-state index contributed by atoms with van der Waals surface area (Å²) >= 11 is 0. The largest absolute Gasteiger partial charge is 0.399 e. The highest BCUT2D eigenvalue weighted by molar-refractivity contribution is 5.96. The Morgan fingerprint density at radius 3 is 2.86 bits per heavy atom. The molecule has 1 amide bonds. The monoisotopic (exact) mass is 305 g/mol. The molecule has 1 aromatic rings. The van der Waals surface area contributed by atoms with Crippen LogP contribution in [0.4, 0.5) is 11.4 Å². The summed E-state index contributed by atoms with van der Waals surface area (Å²) in [6, 6.07) is 5.91. The quantitative estimate of drug-likeness (QED) is 0.728. The average molecular weight is 305 g/mol. The van der Waals surface area contributed by atoms with E-state index in [2.05, 4.69) is 32.0 Å². The van der Waals surface area contributed by atoms with Gasteiger partial charge in [-0.1, -0.05) is 13.0 Å². The molecule has 0 saturated carbocycles. The standard InChI is InChI=1S/C17H28N4O/c1-4-20(11-10-19(2)3)13-17(22)21-9-5-6-14-7-8-15(18)12-16(14)21/h7-8,12H,4-6,9-11,13,18H2,1-3H3/p+1. The fourth-order valence-corrected chi connectivity index (χ4v) is 2.86. The molecule has 3 N–H and O–H groups in total. The molecule has 0 saturated heterocycles. The molecule has 0 atom stereocenters. The number of nitrogen functional groups attached to an aromatic ring is 1. The average Bonchev–Trinajstić information content (AvgIpc) is 2.50. The molecule has 0 radical (unpaired) electrons. The molecule has 1 aliphatic rings. The van der Waals surface area contributed by atoms with Crippen molar-refractivity contribution in [3.8, 4) is 0 Å². The van der Waals surface area contributed by atoms with Gasteiger partial charge in [-0.2, -0.15) is 0 Å². The molecule has 1 aromatic carbocycles. The lowest BCUT2D eigenvalue weighted by atomic mass is 10.0. The summed E-state index contributed by atoms with van der Waals surface area (Å²) in [5.74, 6) is 0.183. The van der Waals surface area contributed by atoms with Gasteiger partial charge in [0.1, 0.15) is 0 Å². The third-order valence-electron chi connectivity index (χ3n) is 4.26. The summed E-state index contributed by atoms with van der Waals surface area (Å²) in [4.78, 5) is 18.3. The summed E-state index contributed by atoms with van der Waals surface area (Å²) in [7, 11) is 4.28. The van der Waals surface area contributed by atoms with Gasteiger partial charge in [-0.25, -0.2) is 0 Å². The SMILES string of the molecule is CCN(CC[NH+](C)C)CC(=O)N1CCCc2ccc(N)cc21. The second-order valence-corrected chi connectivity index (χ2v) is 6.36. The zero-order chi connectivity index (χ0) is 16.1. The number of likely N-dealkylation sites (N-methyl/N-ethyl adjacent to an activating group) is 2. The van der Waals surface area contributed by atoms with Crippen molar-refractivity contribution in [1.29, 1.82) is 0 Å². The first-order chi connectivity index (χ1) is 10.5. The third kappa shape index (κ3) is 4.21. The van der Waals surface area contributed by atoms with Gasteiger partial charge in [0.15, 0.2) is 0 Å². The molecule has 122 valence electrons. The van der Waals surface area contributed by atoms with Gasteiger partial charge in [-0.3, -0.25) is 9.69 Å². The van der Waals surface area contributed by atoms with Crippen molar-refractivity contribution in [3.05, 3.63) is 23.8 Å². The van der Waals surface area contributed by atoms with Gasteiger partial charge >= 0.3 is 0 Å². The van der Waals surface area contributed by atoms with Crippen molar-refractivity contribution in [2.75, 3.05) is 57.5 Å². The van der Waals surface area contributed by atoms with Crippen molar-refractivity contribution in [1.82, 2.24) is 4.90 Å². The molecule has 0 unspecified atom stereocenters. The number of hydrogen-bond donors (Lipinski definition) is 2. The van der Waals surface area contributed by atoms with Crippen LogP contribution >= 0.6 is 0 Å². The number of aryl methyl sites for hydroxylation is 1. The fraction of sp³-hybridized carbons (Fsp3) is 0.588. The lowest BCUT2D eigenvalue weighted by Crippen LogP contribution is -3.06. The first-order valence-corrected chi connectivity index (χ1v) is 8.21. The maximum atomic E-state index is 12.7. The van der Waals surface area contributed by atoms with E-state index in [1.165, 1.54) is 10.5 Å². The number of amides is 1. The van der Waals surface area contributed by atoms with Crippen LogP contribution in [0.25, 0.3) is 0 Å². The molecule has 0 bridgehead atoms. The Hall–Kier alpha value is -1.59. The van der Waals surface area contributed by atoms with E-state index in [-0.39, 0.29) is 5.91 Å². The maximum Gasteiger partial charge on any atom is 0.241 e. The number of benzene rings is 1. The van der Waals surface area contributed by atoms with E-state index in [4.69, 9.17) is 5.73 Å². The van der Waals surface area contributed by atoms with E-state index in [1.54, 1.807) is 0 Å². The van der Waals surface area contributed by atoms with E-state index in [9.17, 15) is 4.79 Å². The number of quaternary nitrogens is 1. The molecule has 5 nitrogen and oxygen atoms in total. The fourth-order valence-electron chi connectivity index (χ4n) is 2.86. The van der Waals surface area contributed by atoms with Crippen molar-refractivity contribution in [2.24, 2.45) is 0 Å². The van der Waals surface area contributed by atoms with E-state index in [0.717, 1.165) is 50.4 Å². The second kappa shape index (κ2) is 7.61. The number of carbonyl (C=O) groups is 1. The Bertz CT molecular complexity index is 515. The first kappa shape index (κ1) is 16.8. The number of fused-ring (bicyclic) bond motifs is 1. The molecule has 0 fully saturated rings. The molecule has 1 aliphatic heterocycles. The predicted molar refractivity (Wildman–Crippen MR) is 91.3 cm³/mol. The van der Waals surface area contributed by atoms with Gasteiger partial charge in [0, 0.05) is 24.5 Å². The molecule has 5 heteroatoms. The first-order valence-electron chi connectivity index (χ1n) is 8.21. The molecule has 1 heterocycles. The molecule has 0 aromatic heterocycles. The van der Waals surface area contributed by atoms with Crippen LogP contribution in [-0.4, -0.2) is 57.6 Å². The van der Waals surface area contributed by atoms with Crippen LogP contribution in [0.2, 0.25) is 0 Å². The molecule has 2 rings (SSSR count). The van der Waals surface area contributed by atoms with Gasteiger partial charge in [0.2, 0.25) is 5.91 Å². The Morgan fingerprint density at radius 2 is 2.18 bits per heavy atom. The molecular weight excluding hydrogens is 276 g/mol. The van der Waals surface area contributed by atoms with Crippen LogP contribution < -0.4 is 15.5 Å². The van der Waals surface area contributed by atoms with Gasteiger partial charge in [0.25, 0.3) is 0 Å². The number of hydrogen-bond acceptors (Lipinski definition) is 3. The van der Waals surface area contributed by atoms with Crippen LogP contribution in [0.3, 0.4) is 0 Å². The highest BCUT2D eigenvalue weighted by Crippen LogP contribution is 2.29. The zero-order valence-corrected chi connectivity index (χ0v) is 14.1.